The van der Waals surface area contributed by atoms with Crippen molar-refractivity contribution in [3.63, 3.8) is 0 Å². The van der Waals surface area contributed by atoms with E-state index in [9.17, 15) is 0 Å². The Kier molecular flexibility index (Phi) is 7.28. The monoisotopic (exact) mass is 643 g/mol. The quantitative estimate of drug-likeness (QED) is 0.181. The Labute approximate surface area is 291 Å². The van der Waals surface area contributed by atoms with Crippen LogP contribution in [0, 0.1) is 0 Å². The van der Waals surface area contributed by atoms with Gasteiger partial charge in [-0.05, 0) is 58.9 Å². The lowest BCUT2D eigenvalue weighted by Gasteiger charge is -2.27. The second-order valence-electron chi connectivity index (χ2n) is 13.1. The number of benzene rings is 6. The van der Waals surface area contributed by atoms with Crippen LogP contribution < -0.4 is 0 Å². The first kappa shape index (κ1) is 29.7. The maximum absolute atomic E-state index is 6.16. The summed E-state index contributed by atoms with van der Waals surface area (Å²) in [6.07, 6.45) is 7.54. The number of fused-ring (bicyclic) bond motifs is 3. The zero-order chi connectivity index (χ0) is 33.5. The fourth-order valence-corrected chi connectivity index (χ4v) is 6.89. The Balaban J connectivity index is 1.05. The highest BCUT2D eigenvalue weighted by Crippen LogP contribution is 2.39. The maximum Gasteiger partial charge on any atom is 0.163 e. The van der Waals surface area contributed by atoms with Gasteiger partial charge in [-0.15, -0.1) is 0 Å². The van der Waals surface area contributed by atoms with Gasteiger partial charge in [-0.25, -0.2) is 15.0 Å². The van der Waals surface area contributed by atoms with Crippen molar-refractivity contribution in [3.05, 3.63) is 181 Å². The molecule has 238 valence electrons. The third-order valence-electron chi connectivity index (χ3n) is 9.74. The van der Waals surface area contributed by atoms with Gasteiger partial charge in [-0.3, -0.25) is 0 Å². The Morgan fingerprint density at radius 1 is 0.500 bits per heavy atom. The molecule has 0 saturated carbocycles. The molecule has 6 aromatic carbocycles. The predicted octanol–water partition coefficient (Wildman–Crippen LogP) is 11.7. The number of rotatable bonds is 6. The smallest absolute Gasteiger partial charge is 0.163 e. The fraction of sp³-hybridized carbons (Fsp3) is 0.0652. The van der Waals surface area contributed by atoms with Gasteiger partial charge in [0.1, 0.15) is 17.0 Å². The molecule has 0 amide bonds. The molecular weight excluding hydrogens is 611 g/mol. The zero-order valence-corrected chi connectivity index (χ0v) is 27.6. The molecule has 0 spiro atoms. The SMILES string of the molecule is CC1(c2nc(-c3ccccc3)nc(-c3ccc(-c4cccc5oc6ccccc6c45)cc3)n2)C=CC(c2ccc(-c3ccccc3)cc2)=CC1. The summed E-state index contributed by atoms with van der Waals surface area (Å²) in [7, 11) is 0. The molecule has 9 rings (SSSR count). The Morgan fingerprint density at radius 2 is 1.06 bits per heavy atom. The van der Waals surface area contributed by atoms with Crippen LogP contribution in [0.25, 0.3) is 72.5 Å². The minimum Gasteiger partial charge on any atom is -0.456 e. The number of aromatic nitrogens is 3. The first-order valence-electron chi connectivity index (χ1n) is 17.0. The first-order valence-corrected chi connectivity index (χ1v) is 17.0. The Morgan fingerprint density at radius 3 is 1.76 bits per heavy atom. The Bertz CT molecular complexity index is 2550. The van der Waals surface area contributed by atoms with Crippen molar-refractivity contribution in [3.8, 4) is 45.0 Å². The molecular formula is C46H33N3O. The van der Waals surface area contributed by atoms with E-state index in [1.807, 2.05) is 42.5 Å². The van der Waals surface area contributed by atoms with Crippen LogP contribution in [0.5, 0.6) is 0 Å². The summed E-state index contributed by atoms with van der Waals surface area (Å²) >= 11 is 0. The van der Waals surface area contributed by atoms with E-state index in [1.165, 1.54) is 22.3 Å². The van der Waals surface area contributed by atoms with Crippen LogP contribution in [-0.2, 0) is 5.41 Å². The predicted molar refractivity (Wildman–Crippen MR) is 204 cm³/mol. The minimum absolute atomic E-state index is 0.396. The highest BCUT2D eigenvalue weighted by atomic mass is 16.3. The minimum atomic E-state index is -0.396. The van der Waals surface area contributed by atoms with E-state index in [-0.39, 0.29) is 0 Å². The molecule has 50 heavy (non-hydrogen) atoms. The molecule has 1 atom stereocenters. The van der Waals surface area contributed by atoms with Crippen molar-refractivity contribution in [2.24, 2.45) is 0 Å². The molecule has 0 N–H and O–H groups in total. The van der Waals surface area contributed by atoms with E-state index in [0.717, 1.165) is 56.4 Å². The van der Waals surface area contributed by atoms with Gasteiger partial charge in [0.2, 0.25) is 0 Å². The van der Waals surface area contributed by atoms with Crippen LogP contribution >= 0.6 is 0 Å². The number of allylic oxidation sites excluding steroid dienone is 4. The first-order chi connectivity index (χ1) is 24.6. The topological polar surface area (TPSA) is 51.8 Å². The molecule has 0 fully saturated rings. The van der Waals surface area contributed by atoms with E-state index >= 15 is 0 Å². The molecule has 1 aliphatic rings. The van der Waals surface area contributed by atoms with Crippen molar-refractivity contribution in [1.29, 1.82) is 0 Å². The molecule has 2 heterocycles. The molecule has 8 aromatic rings. The molecule has 0 radical (unpaired) electrons. The van der Waals surface area contributed by atoms with Gasteiger partial charge in [0.05, 0.1) is 0 Å². The third-order valence-corrected chi connectivity index (χ3v) is 9.74. The lowest BCUT2D eigenvalue weighted by molar-refractivity contribution is 0.555. The van der Waals surface area contributed by atoms with Crippen LogP contribution in [0.15, 0.2) is 174 Å². The van der Waals surface area contributed by atoms with Crippen molar-refractivity contribution in [1.82, 2.24) is 15.0 Å². The highest BCUT2D eigenvalue weighted by molar-refractivity contribution is 6.12. The molecule has 1 aliphatic carbocycles. The average Bonchev–Trinajstić information content (AvgIpc) is 3.58. The van der Waals surface area contributed by atoms with E-state index in [4.69, 9.17) is 19.4 Å². The summed E-state index contributed by atoms with van der Waals surface area (Å²) in [6, 6.07) is 52.4. The molecule has 0 aliphatic heterocycles. The highest BCUT2D eigenvalue weighted by Gasteiger charge is 2.30. The standard InChI is InChI=1S/C46H33N3O/c1-46(29-27-34(28-30-46)33-21-19-32(20-22-33)31-11-4-2-5-12-31)45-48-43(36-13-6-3-7-14-36)47-44(49-45)37-25-23-35(24-26-37)38-16-10-18-41-42(38)39-15-8-9-17-40(39)50-41/h2-29H,30H2,1H3. The molecule has 4 nitrogen and oxygen atoms in total. The molecule has 1 unspecified atom stereocenters. The maximum atomic E-state index is 6.16. The summed E-state index contributed by atoms with van der Waals surface area (Å²) in [5.74, 6) is 2.09. The number of para-hydroxylation sites is 1. The van der Waals surface area contributed by atoms with Gasteiger partial charge in [0.15, 0.2) is 11.6 Å². The number of hydrogen-bond acceptors (Lipinski definition) is 4. The van der Waals surface area contributed by atoms with Gasteiger partial charge in [0, 0.05) is 27.3 Å². The normalized spacial score (nSPS) is 15.7. The van der Waals surface area contributed by atoms with Crippen molar-refractivity contribution < 1.29 is 4.42 Å². The van der Waals surface area contributed by atoms with Crippen LogP contribution in [-0.4, -0.2) is 15.0 Å². The van der Waals surface area contributed by atoms with E-state index in [0.29, 0.717) is 11.6 Å². The number of hydrogen-bond donors (Lipinski definition) is 0. The second kappa shape index (κ2) is 12.2. The van der Waals surface area contributed by atoms with Gasteiger partial charge < -0.3 is 4.42 Å². The lowest BCUT2D eigenvalue weighted by atomic mass is 9.80. The van der Waals surface area contributed by atoms with E-state index in [1.54, 1.807) is 0 Å². The van der Waals surface area contributed by atoms with Crippen molar-refractivity contribution in [2.75, 3.05) is 0 Å². The van der Waals surface area contributed by atoms with Crippen LogP contribution in [0.3, 0.4) is 0 Å². The molecule has 0 bridgehead atoms. The van der Waals surface area contributed by atoms with Gasteiger partial charge in [-0.1, -0.05) is 158 Å². The summed E-state index contributed by atoms with van der Waals surface area (Å²) in [5.41, 5.74) is 10.4. The van der Waals surface area contributed by atoms with Crippen LogP contribution in [0.1, 0.15) is 24.7 Å². The number of furan rings is 1. The second-order valence-corrected chi connectivity index (χ2v) is 13.1. The molecule has 0 saturated heterocycles. The van der Waals surface area contributed by atoms with Crippen molar-refractivity contribution >= 4 is 27.5 Å². The summed E-state index contributed by atoms with van der Waals surface area (Å²) in [4.78, 5) is 15.2. The summed E-state index contributed by atoms with van der Waals surface area (Å²) in [6.45, 7) is 2.21. The van der Waals surface area contributed by atoms with E-state index < -0.39 is 5.41 Å². The average molecular weight is 644 g/mol. The van der Waals surface area contributed by atoms with Crippen LogP contribution in [0.4, 0.5) is 0 Å². The van der Waals surface area contributed by atoms with Crippen LogP contribution in [0.2, 0.25) is 0 Å². The van der Waals surface area contributed by atoms with Gasteiger partial charge >= 0.3 is 0 Å². The fourth-order valence-electron chi connectivity index (χ4n) is 6.89. The van der Waals surface area contributed by atoms with Crippen molar-refractivity contribution in [2.45, 2.75) is 18.8 Å². The van der Waals surface area contributed by atoms with Gasteiger partial charge in [-0.2, -0.15) is 0 Å². The summed E-state index contributed by atoms with van der Waals surface area (Å²) in [5, 5.41) is 2.24. The van der Waals surface area contributed by atoms with Gasteiger partial charge in [0.25, 0.3) is 0 Å². The molecule has 4 heteroatoms. The Hall–Kier alpha value is -6.39. The largest absolute Gasteiger partial charge is 0.456 e. The zero-order valence-electron chi connectivity index (χ0n) is 27.6. The lowest BCUT2D eigenvalue weighted by Crippen LogP contribution is -2.24. The summed E-state index contributed by atoms with van der Waals surface area (Å²) < 4.78 is 6.16. The molecule has 2 aromatic heterocycles. The third kappa shape index (κ3) is 5.41. The van der Waals surface area contributed by atoms with E-state index in [2.05, 4.69) is 134 Å². The number of nitrogens with zero attached hydrogens (tertiary/aromatic N) is 3.